The van der Waals surface area contributed by atoms with Crippen LogP contribution >= 0.6 is 11.3 Å². The molecule has 1 saturated heterocycles. The van der Waals surface area contributed by atoms with Crippen molar-refractivity contribution in [3.8, 4) is 28.4 Å². The molecule has 284 valence electrons. The Balaban J connectivity index is 1.37. The van der Waals surface area contributed by atoms with Crippen LogP contribution in [0.1, 0.15) is 57.2 Å². The van der Waals surface area contributed by atoms with Gasteiger partial charge >= 0.3 is 11.9 Å². The average Bonchev–Trinajstić information content (AvgIpc) is 3.75. The molecule has 0 saturated carbocycles. The number of ether oxygens (including phenoxy) is 3. The third-order valence-electron chi connectivity index (χ3n) is 9.40. The molecule has 2 aliphatic rings. The minimum Gasteiger partial charge on any atom is -0.493 e. The van der Waals surface area contributed by atoms with E-state index in [4.69, 9.17) is 24.3 Å². The van der Waals surface area contributed by atoms with E-state index in [1.165, 1.54) is 22.9 Å². The fourth-order valence-corrected chi connectivity index (χ4v) is 9.37. The maximum absolute atomic E-state index is 14.5. The van der Waals surface area contributed by atoms with Crippen LogP contribution in [0, 0.1) is 0 Å². The lowest BCUT2D eigenvalue weighted by molar-refractivity contribution is -0.139. The van der Waals surface area contributed by atoms with E-state index in [0.717, 1.165) is 36.3 Å². The molecule has 1 unspecified atom stereocenters. The number of aromatic nitrogens is 3. The lowest BCUT2D eigenvalue weighted by atomic mass is 9.95. The SMILES string of the molecule is CCOC(=O)C1=C(C)N=c2s/c(=C\c3cn(-c4ccccc4)nc3-c3ccc(S(=O)(=O)N4CCCCC4)cc3)c(=O)n2C1c1ccc(OC(C)=O)c(OC)c1. The van der Waals surface area contributed by atoms with Crippen LogP contribution in [-0.4, -0.2) is 65.8 Å². The summed E-state index contributed by atoms with van der Waals surface area (Å²) in [5.41, 5.74) is 3.24. The lowest BCUT2D eigenvalue weighted by Gasteiger charge is -2.25. The van der Waals surface area contributed by atoms with Crippen LogP contribution in [0.3, 0.4) is 0 Å². The number of fused-ring (bicyclic) bond motifs is 1. The molecule has 0 amide bonds. The van der Waals surface area contributed by atoms with E-state index in [1.807, 2.05) is 36.5 Å². The average molecular weight is 782 g/mol. The Morgan fingerprint density at radius 1 is 0.982 bits per heavy atom. The van der Waals surface area contributed by atoms with Gasteiger partial charge in [-0.05, 0) is 74.7 Å². The molecule has 0 aliphatic carbocycles. The second-order valence-corrected chi connectivity index (χ2v) is 16.0. The number of benzene rings is 3. The standard InChI is InChI=1S/C40H39N5O8S2/c1-5-52-39(48)35-25(2)41-40-45(37(35)28-16-19-32(53-26(3)46)33(22-28)51-4)38(47)34(54-40)23-29-24-44(30-12-8-6-9-13-30)42-36(29)27-14-17-31(18-15-27)55(49,50)43-20-10-7-11-21-43/h6,8-9,12-19,22-24,37H,5,7,10-11,20-21H2,1-4H3/b34-23-. The number of methoxy groups -OCH3 is 1. The minimum absolute atomic E-state index is 0.112. The van der Waals surface area contributed by atoms with Crippen molar-refractivity contribution in [1.29, 1.82) is 0 Å². The van der Waals surface area contributed by atoms with Crippen molar-refractivity contribution in [2.24, 2.45) is 4.99 Å². The van der Waals surface area contributed by atoms with Crippen molar-refractivity contribution < 1.29 is 32.2 Å². The van der Waals surface area contributed by atoms with Crippen molar-refractivity contribution in [2.75, 3.05) is 26.8 Å². The maximum Gasteiger partial charge on any atom is 0.338 e. The number of piperidine rings is 1. The number of para-hydroxylation sites is 1. The van der Waals surface area contributed by atoms with Crippen LogP contribution in [-0.2, 0) is 24.3 Å². The zero-order chi connectivity index (χ0) is 38.9. The third kappa shape index (κ3) is 7.42. The molecule has 15 heteroatoms. The van der Waals surface area contributed by atoms with Crippen molar-refractivity contribution in [3.05, 3.63) is 121 Å². The zero-order valence-corrected chi connectivity index (χ0v) is 32.4. The van der Waals surface area contributed by atoms with Gasteiger partial charge in [0.2, 0.25) is 10.0 Å². The van der Waals surface area contributed by atoms with Crippen LogP contribution in [0.25, 0.3) is 23.0 Å². The van der Waals surface area contributed by atoms with E-state index in [9.17, 15) is 22.8 Å². The highest BCUT2D eigenvalue weighted by molar-refractivity contribution is 7.89. The Bertz CT molecular complexity index is 2600. The van der Waals surface area contributed by atoms with E-state index in [-0.39, 0.29) is 28.6 Å². The molecule has 2 aromatic heterocycles. The summed E-state index contributed by atoms with van der Waals surface area (Å²) >= 11 is 1.16. The number of carbonyl (C=O) groups excluding carboxylic acids is 2. The van der Waals surface area contributed by atoms with E-state index < -0.39 is 33.6 Å². The van der Waals surface area contributed by atoms with Gasteiger partial charge in [-0.2, -0.15) is 9.40 Å². The predicted molar refractivity (Wildman–Crippen MR) is 206 cm³/mol. The number of allylic oxidation sites excluding steroid dienone is 1. The molecule has 0 N–H and O–H groups in total. The number of hydrogen-bond acceptors (Lipinski definition) is 11. The first-order valence-electron chi connectivity index (χ1n) is 17.8. The Labute approximate surface area is 321 Å². The van der Waals surface area contributed by atoms with E-state index in [2.05, 4.69) is 0 Å². The first kappa shape index (κ1) is 37.7. The number of rotatable bonds is 10. The van der Waals surface area contributed by atoms with Gasteiger partial charge in [0.15, 0.2) is 16.3 Å². The molecule has 13 nitrogen and oxygen atoms in total. The number of carbonyl (C=O) groups is 2. The van der Waals surface area contributed by atoms with Crippen molar-refractivity contribution >= 4 is 39.4 Å². The van der Waals surface area contributed by atoms with E-state index in [0.29, 0.717) is 50.5 Å². The fraction of sp³-hybridized carbons (Fsp3) is 0.275. The van der Waals surface area contributed by atoms with Crippen molar-refractivity contribution in [1.82, 2.24) is 18.7 Å². The second-order valence-electron chi connectivity index (χ2n) is 13.0. The minimum atomic E-state index is -3.64. The summed E-state index contributed by atoms with van der Waals surface area (Å²) in [6.07, 6.45) is 6.23. The molecule has 7 rings (SSSR count). The van der Waals surface area contributed by atoms with Gasteiger partial charge in [0, 0.05) is 37.3 Å². The molecule has 2 aliphatic heterocycles. The monoisotopic (exact) mass is 781 g/mol. The summed E-state index contributed by atoms with van der Waals surface area (Å²) in [6, 6.07) is 20.1. The summed E-state index contributed by atoms with van der Waals surface area (Å²) in [5.74, 6) is -0.733. The smallest absolute Gasteiger partial charge is 0.338 e. The van der Waals surface area contributed by atoms with Crippen molar-refractivity contribution in [2.45, 2.75) is 51.0 Å². The van der Waals surface area contributed by atoms with Gasteiger partial charge in [-0.3, -0.25) is 14.2 Å². The molecule has 4 heterocycles. The first-order valence-corrected chi connectivity index (χ1v) is 20.1. The Hall–Kier alpha value is -5.64. The predicted octanol–water partition coefficient (Wildman–Crippen LogP) is 4.76. The summed E-state index contributed by atoms with van der Waals surface area (Å²) in [7, 11) is -2.21. The Morgan fingerprint density at radius 2 is 1.71 bits per heavy atom. The van der Waals surface area contributed by atoms with Crippen molar-refractivity contribution in [3.63, 3.8) is 0 Å². The largest absolute Gasteiger partial charge is 0.493 e. The molecule has 3 aromatic carbocycles. The molecule has 5 aromatic rings. The van der Waals surface area contributed by atoms with Crippen LogP contribution in [0.5, 0.6) is 11.5 Å². The highest BCUT2D eigenvalue weighted by atomic mass is 32.2. The topological polar surface area (TPSA) is 151 Å². The van der Waals surface area contributed by atoms with Crippen LogP contribution in [0.2, 0.25) is 0 Å². The summed E-state index contributed by atoms with van der Waals surface area (Å²) < 4.78 is 48.1. The lowest BCUT2D eigenvalue weighted by Crippen LogP contribution is -2.40. The number of hydrogen-bond donors (Lipinski definition) is 0. The fourth-order valence-electron chi connectivity index (χ4n) is 6.81. The first-order chi connectivity index (χ1) is 26.5. The van der Waals surface area contributed by atoms with Gasteiger partial charge in [0.05, 0.1) is 51.8 Å². The zero-order valence-electron chi connectivity index (χ0n) is 30.7. The second kappa shape index (κ2) is 15.6. The molecular formula is C40H39N5O8S2. The quantitative estimate of drug-likeness (QED) is 0.144. The Morgan fingerprint density at radius 3 is 2.38 bits per heavy atom. The number of thiazole rings is 1. The van der Waals surface area contributed by atoms with Crippen LogP contribution in [0.4, 0.5) is 0 Å². The normalized spacial score (nSPS) is 16.4. The maximum atomic E-state index is 14.5. The summed E-state index contributed by atoms with van der Waals surface area (Å²) in [4.78, 5) is 45.0. The number of esters is 2. The molecule has 55 heavy (non-hydrogen) atoms. The van der Waals surface area contributed by atoms with Gasteiger partial charge in [0.1, 0.15) is 0 Å². The molecule has 0 radical (unpaired) electrons. The van der Waals surface area contributed by atoms with Crippen LogP contribution in [0.15, 0.2) is 105 Å². The molecular weight excluding hydrogens is 743 g/mol. The summed E-state index contributed by atoms with van der Waals surface area (Å²) in [6.45, 7) is 5.78. The molecule has 0 bridgehead atoms. The van der Waals surface area contributed by atoms with E-state index in [1.54, 1.807) is 67.1 Å². The van der Waals surface area contributed by atoms with Gasteiger partial charge in [-0.1, -0.05) is 54.2 Å². The molecule has 1 fully saturated rings. The molecule has 1 atom stereocenters. The third-order valence-corrected chi connectivity index (χ3v) is 12.3. The molecule has 0 spiro atoms. The van der Waals surface area contributed by atoms with Gasteiger partial charge in [-0.25, -0.2) is 22.9 Å². The Kier molecular flexibility index (Phi) is 10.7. The summed E-state index contributed by atoms with van der Waals surface area (Å²) in [5, 5.41) is 4.90. The van der Waals surface area contributed by atoms with Crippen LogP contribution < -0.4 is 24.4 Å². The van der Waals surface area contributed by atoms with Gasteiger partial charge in [-0.15, -0.1) is 0 Å². The van der Waals surface area contributed by atoms with Gasteiger partial charge in [0.25, 0.3) is 5.56 Å². The number of nitrogens with zero attached hydrogens (tertiary/aromatic N) is 5. The van der Waals surface area contributed by atoms with E-state index >= 15 is 0 Å². The number of sulfonamides is 1. The van der Waals surface area contributed by atoms with Gasteiger partial charge < -0.3 is 14.2 Å². The highest BCUT2D eigenvalue weighted by Crippen LogP contribution is 2.36. The highest BCUT2D eigenvalue weighted by Gasteiger charge is 2.34.